The van der Waals surface area contributed by atoms with Gasteiger partial charge in [0.25, 0.3) is 0 Å². The molecule has 2 heterocycles. The molecule has 7 N–H and O–H groups in total. The van der Waals surface area contributed by atoms with Crippen molar-refractivity contribution in [2.45, 2.75) is 36.8 Å². The van der Waals surface area contributed by atoms with Crippen molar-refractivity contribution in [3.63, 3.8) is 0 Å². The Morgan fingerprint density at radius 1 is 0.935 bits per heavy atom. The molecule has 31 heavy (non-hydrogen) atoms. The minimum absolute atomic E-state index is 0.152. The molecule has 0 radical (unpaired) electrons. The average Bonchev–Trinajstić information content (AvgIpc) is 2.99. The normalized spacial score (nSPS) is 30.1. The smallest absolute Gasteiger partial charge is 0.203 e. The first kappa shape index (κ1) is 21.2. The molecule has 0 spiro atoms. The molecule has 1 fully saturated rings. The number of Topliss-reactive ketones (excluding diaryl/α,β-unsaturated/α-hetero) is 1. The molecule has 11 heteroatoms. The summed E-state index contributed by atoms with van der Waals surface area (Å²) >= 11 is 0. The van der Waals surface area contributed by atoms with Gasteiger partial charge >= 0.3 is 0 Å². The van der Waals surface area contributed by atoms with Crippen LogP contribution in [0, 0.1) is 0 Å². The number of carbonyl (C=O) groups is 1. The number of rotatable bonds is 4. The summed E-state index contributed by atoms with van der Waals surface area (Å²) in [7, 11) is 0. The Kier molecular flexibility index (Phi) is 5.37. The van der Waals surface area contributed by atoms with E-state index in [1.807, 2.05) is 0 Å². The second-order valence-electron chi connectivity index (χ2n) is 7.25. The lowest BCUT2D eigenvalue weighted by Crippen LogP contribution is -2.44. The van der Waals surface area contributed by atoms with Crippen LogP contribution < -0.4 is 4.74 Å². The first-order valence-corrected chi connectivity index (χ1v) is 9.28. The molecular formula is C20H20O11. The number of hydrogen-bond donors (Lipinski definition) is 7. The summed E-state index contributed by atoms with van der Waals surface area (Å²) in [5, 5.41) is 68.7. The van der Waals surface area contributed by atoms with Gasteiger partial charge in [0, 0.05) is 12.1 Å². The average molecular weight is 436 g/mol. The zero-order chi connectivity index (χ0) is 22.4. The lowest BCUT2D eigenvalue weighted by atomic mass is 9.92. The van der Waals surface area contributed by atoms with Gasteiger partial charge in [-0.1, -0.05) is 6.07 Å². The van der Waals surface area contributed by atoms with Gasteiger partial charge in [0.2, 0.25) is 5.78 Å². The summed E-state index contributed by atoms with van der Waals surface area (Å²) in [6.07, 6.45) is -8.51. The number of benzene rings is 2. The van der Waals surface area contributed by atoms with Crippen molar-refractivity contribution < 1.29 is 54.8 Å². The van der Waals surface area contributed by atoms with Crippen molar-refractivity contribution in [3.05, 3.63) is 41.5 Å². The molecule has 0 amide bonds. The van der Waals surface area contributed by atoms with Crippen LogP contribution in [0.5, 0.6) is 28.7 Å². The molecular weight excluding hydrogens is 416 g/mol. The first-order chi connectivity index (χ1) is 14.7. The molecule has 0 bridgehead atoms. The highest BCUT2D eigenvalue weighted by Gasteiger charge is 2.49. The van der Waals surface area contributed by atoms with E-state index in [1.165, 1.54) is 6.07 Å². The molecule has 2 aliphatic rings. The highest BCUT2D eigenvalue weighted by Crippen LogP contribution is 2.44. The van der Waals surface area contributed by atoms with Crippen molar-refractivity contribution in [1.29, 1.82) is 0 Å². The number of aromatic hydroxyl groups is 4. The Morgan fingerprint density at radius 2 is 1.68 bits per heavy atom. The lowest BCUT2D eigenvalue weighted by molar-refractivity contribution is -0.199. The Bertz CT molecular complexity index is 1010. The number of phenols is 4. The number of fused-ring (bicyclic) bond motifs is 1. The van der Waals surface area contributed by atoms with E-state index in [2.05, 4.69) is 0 Å². The Morgan fingerprint density at radius 3 is 2.32 bits per heavy atom. The van der Waals surface area contributed by atoms with Crippen LogP contribution in [-0.4, -0.2) is 78.8 Å². The minimum atomic E-state index is -1.59. The number of aliphatic hydroxyl groups is 3. The summed E-state index contributed by atoms with van der Waals surface area (Å²) in [6.45, 7) is -0.606. The molecule has 2 aromatic carbocycles. The monoisotopic (exact) mass is 436 g/mol. The van der Waals surface area contributed by atoms with Crippen LogP contribution in [-0.2, 0) is 9.47 Å². The van der Waals surface area contributed by atoms with Crippen molar-refractivity contribution >= 4 is 5.78 Å². The number of hydrogen-bond acceptors (Lipinski definition) is 11. The highest BCUT2D eigenvalue weighted by molar-refractivity contribution is 6.05. The van der Waals surface area contributed by atoms with Gasteiger partial charge in [-0.25, -0.2) is 0 Å². The summed E-state index contributed by atoms with van der Waals surface area (Å²) in [4.78, 5) is 13.2. The number of carbonyl (C=O) groups excluding carboxylic acids is 1. The zero-order valence-electron chi connectivity index (χ0n) is 15.8. The van der Waals surface area contributed by atoms with Crippen molar-refractivity contribution in [3.8, 4) is 28.7 Å². The van der Waals surface area contributed by atoms with Gasteiger partial charge < -0.3 is 50.0 Å². The Labute approximate surface area is 174 Å². The van der Waals surface area contributed by atoms with Crippen LogP contribution in [0.1, 0.15) is 22.0 Å². The van der Waals surface area contributed by atoms with Gasteiger partial charge in [-0.15, -0.1) is 0 Å². The SMILES string of the molecule is O=C1c2c(O)cc(O)cc2O[C@@H](c2ccc(O)c(O)c2)[C@H]1O[C@H]1O[C@@H](CO)[C@@H](O)[C@@H]1O. The van der Waals surface area contributed by atoms with Crippen LogP contribution >= 0.6 is 0 Å². The molecule has 0 aliphatic carbocycles. The minimum Gasteiger partial charge on any atom is -0.508 e. The topological polar surface area (TPSA) is 186 Å². The van der Waals surface area contributed by atoms with Gasteiger partial charge in [0.05, 0.1) is 6.61 Å². The summed E-state index contributed by atoms with van der Waals surface area (Å²) in [6, 6.07) is 5.71. The third kappa shape index (κ3) is 3.62. The number of ether oxygens (including phenoxy) is 3. The molecule has 0 unspecified atom stereocenters. The Hall–Kier alpha value is -3.09. The largest absolute Gasteiger partial charge is 0.508 e. The number of ketones is 1. The maximum absolute atomic E-state index is 13.2. The van der Waals surface area contributed by atoms with Crippen LogP contribution in [0.2, 0.25) is 0 Å². The zero-order valence-corrected chi connectivity index (χ0v) is 15.8. The number of phenolic OH excluding ortho intramolecular Hbond substituents is 4. The van der Waals surface area contributed by atoms with E-state index < -0.39 is 66.4 Å². The fraction of sp³-hybridized carbons (Fsp3) is 0.350. The van der Waals surface area contributed by atoms with Gasteiger partial charge in [-0.05, 0) is 17.7 Å². The molecule has 1 saturated heterocycles. The number of aliphatic hydroxyl groups excluding tert-OH is 3. The van der Waals surface area contributed by atoms with Crippen LogP contribution in [0.15, 0.2) is 30.3 Å². The first-order valence-electron chi connectivity index (χ1n) is 9.28. The summed E-state index contributed by atoms with van der Waals surface area (Å²) < 4.78 is 16.7. The van der Waals surface area contributed by atoms with E-state index in [0.717, 1.165) is 24.3 Å². The third-order valence-electron chi connectivity index (χ3n) is 5.21. The van der Waals surface area contributed by atoms with Gasteiger partial charge in [0.15, 0.2) is 30.0 Å². The second kappa shape index (κ2) is 7.87. The fourth-order valence-corrected chi connectivity index (χ4v) is 3.62. The Balaban J connectivity index is 1.75. The molecule has 166 valence electrons. The molecule has 0 saturated carbocycles. The van der Waals surface area contributed by atoms with Crippen molar-refractivity contribution in [2.75, 3.05) is 6.61 Å². The van der Waals surface area contributed by atoms with E-state index in [9.17, 15) is 40.5 Å². The van der Waals surface area contributed by atoms with Gasteiger partial charge in [0.1, 0.15) is 41.1 Å². The van der Waals surface area contributed by atoms with Crippen LogP contribution in [0.25, 0.3) is 0 Å². The standard InChI is InChI=1S/C20H20O11/c21-6-13-15(26)17(28)20(30-13)31-19-16(27)14-11(25)4-8(22)5-12(14)29-18(19)7-1-2-9(23)10(24)3-7/h1-5,13,15,17-26,28H,6H2/t13-,15+,17-,18-,19-,20+/m0/s1. The molecule has 4 rings (SSSR count). The molecule has 6 atom stereocenters. The van der Waals surface area contributed by atoms with Crippen molar-refractivity contribution in [2.24, 2.45) is 0 Å². The molecule has 2 aliphatic heterocycles. The third-order valence-corrected chi connectivity index (χ3v) is 5.21. The molecule has 0 aromatic heterocycles. The quantitative estimate of drug-likeness (QED) is 0.311. The van der Waals surface area contributed by atoms with E-state index in [-0.39, 0.29) is 22.6 Å². The second-order valence-corrected chi connectivity index (χ2v) is 7.25. The van der Waals surface area contributed by atoms with E-state index in [1.54, 1.807) is 0 Å². The molecule has 2 aromatic rings. The van der Waals surface area contributed by atoms with Crippen LogP contribution in [0.4, 0.5) is 0 Å². The van der Waals surface area contributed by atoms with E-state index in [0.29, 0.717) is 0 Å². The summed E-state index contributed by atoms with van der Waals surface area (Å²) in [5.41, 5.74) is -0.0948. The highest BCUT2D eigenvalue weighted by atomic mass is 16.7. The summed E-state index contributed by atoms with van der Waals surface area (Å²) in [5.74, 6) is -2.77. The lowest BCUT2D eigenvalue weighted by Gasteiger charge is -2.34. The fourth-order valence-electron chi connectivity index (χ4n) is 3.62. The predicted octanol–water partition coefficient (Wildman–Crippen LogP) is -0.350. The maximum atomic E-state index is 13.2. The predicted molar refractivity (Wildman–Crippen MR) is 99.9 cm³/mol. The molecule has 11 nitrogen and oxygen atoms in total. The van der Waals surface area contributed by atoms with Gasteiger partial charge in [-0.2, -0.15) is 0 Å². The van der Waals surface area contributed by atoms with E-state index >= 15 is 0 Å². The van der Waals surface area contributed by atoms with Crippen molar-refractivity contribution in [1.82, 2.24) is 0 Å². The van der Waals surface area contributed by atoms with Crippen LogP contribution in [0.3, 0.4) is 0 Å². The van der Waals surface area contributed by atoms with E-state index in [4.69, 9.17) is 14.2 Å². The van der Waals surface area contributed by atoms with Gasteiger partial charge in [-0.3, -0.25) is 4.79 Å². The maximum Gasteiger partial charge on any atom is 0.203 e.